The molecule has 0 heterocycles. The number of benzene rings is 2. The van der Waals surface area contributed by atoms with Crippen molar-refractivity contribution in [2.24, 2.45) is 5.16 Å². The largest absolute Gasteiger partial charge is 0.454 e. The third kappa shape index (κ3) is 3.48. The highest BCUT2D eigenvalue weighted by Gasteiger charge is 2.17. The predicted octanol–water partition coefficient (Wildman–Crippen LogP) is 3.80. The first-order chi connectivity index (χ1) is 10.1. The van der Waals surface area contributed by atoms with Crippen LogP contribution >= 0.6 is 0 Å². The van der Waals surface area contributed by atoms with Crippen molar-refractivity contribution in [1.82, 2.24) is 0 Å². The Morgan fingerprint density at radius 3 is 2.38 bits per heavy atom. The van der Waals surface area contributed by atoms with E-state index in [4.69, 9.17) is 9.94 Å². The van der Waals surface area contributed by atoms with E-state index in [1.807, 2.05) is 30.3 Å². The Labute approximate surface area is 123 Å². The van der Waals surface area contributed by atoms with Crippen LogP contribution in [0, 0.1) is 0 Å². The van der Waals surface area contributed by atoms with Gasteiger partial charge >= 0.3 is 5.97 Å². The van der Waals surface area contributed by atoms with E-state index in [0.717, 1.165) is 11.1 Å². The second-order valence-corrected chi connectivity index (χ2v) is 4.69. The first-order valence-corrected chi connectivity index (χ1v) is 6.67. The molecule has 0 aliphatic heterocycles. The standard InChI is InChI=1S/C17H17NO3/c1-12(18-20)15-10-6-7-11-16(15)13(2)21-17(19)14-8-4-3-5-9-14/h3-11,13,20H,1-2H3/b18-12+. The van der Waals surface area contributed by atoms with Gasteiger partial charge < -0.3 is 9.94 Å². The molecular weight excluding hydrogens is 266 g/mol. The van der Waals surface area contributed by atoms with E-state index in [9.17, 15) is 4.79 Å². The molecule has 108 valence electrons. The van der Waals surface area contributed by atoms with Crippen molar-refractivity contribution in [1.29, 1.82) is 0 Å². The normalized spacial score (nSPS) is 12.8. The summed E-state index contributed by atoms with van der Waals surface area (Å²) in [7, 11) is 0. The van der Waals surface area contributed by atoms with Gasteiger partial charge in [0, 0.05) is 11.1 Å². The fraction of sp³-hybridized carbons (Fsp3) is 0.176. The Kier molecular flexibility index (Phi) is 4.72. The van der Waals surface area contributed by atoms with E-state index in [1.54, 1.807) is 38.1 Å². The van der Waals surface area contributed by atoms with Gasteiger partial charge in [0.2, 0.25) is 0 Å². The van der Waals surface area contributed by atoms with Crippen molar-refractivity contribution in [3.63, 3.8) is 0 Å². The van der Waals surface area contributed by atoms with Gasteiger partial charge in [-0.25, -0.2) is 4.79 Å². The Morgan fingerprint density at radius 1 is 1.10 bits per heavy atom. The lowest BCUT2D eigenvalue weighted by Gasteiger charge is -2.17. The molecule has 0 spiro atoms. The highest BCUT2D eigenvalue weighted by Crippen LogP contribution is 2.23. The number of carbonyl (C=O) groups excluding carboxylic acids is 1. The first-order valence-electron chi connectivity index (χ1n) is 6.67. The number of hydrogen-bond donors (Lipinski definition) is 1. The van der Waals surface area contributed by atoms with Gasteiger partial charge in [0.25, 0.3) is 0 Å². The number of esters is 1. The molecule has 2 rings (SSSR count). The fourth-order valence-corrected chi connectivity index (χ4v) is 2.10. The van der Waals surface area contributed by atoms with E-state index < -0.39 is 6.10 Å². The van der Waals surface area contributed by atoms with Crippen LogP contribution in [-0.2, 0) is 4.74 Å². The van der Waals surface area contributed by atoms with Crippen LogP contribution in [0.4, 0.5) is 0 Å². The monoisotopic (exact) mass is 283 g/mol. The molecule has 0 aliphatic rings. The Balaban J connectivity index is 2.22. The summed E-state index contributed by atoms with van der Waals surface area (Å²) >= 11 is 0. The Morgan fingerprint density at radius 2 is 1.71 bits per heavy atom. The zero-order chi connectivity index (χ0) is 15.2. The number of carbonyl (C=O) groups is 1. The highest BCUT2D eigenvalue weighted by atomic mass is 16.5. The van der Waals surface area contributed by atoms with Crippen molar-refractivity contribution in [3.05, 3.63) is 71.3 Å². The van der Waals surface area contributed by atoms with Gasteiger partial charge in [0.1, 0.15) is 6.10 Å². The summed E-state index contributed by atoms with van der Waals surface area (Å²) in [6.45, 7) is 3.49. The number of nitrogens with zero attached hydrogens (tertiary/aromatic N) is 1. The SMILES string of the molecule is C/C(=N\O)c1ccccc1C(C)OC(=O)c1ccccc1. The molecule has 0 saturated carbocycles. The number of hydrogen-bond acceptors (Lipinski definition) is 4. The molecule has 0 fully saturated rings. The molecule has 4 heteroatoms. The van der Waals surface area contributed by atoms with E-state index in [2.05, 4.69) is 5.16 Å². The number of ether oxygens (including phenoxy) is 1. The summed E-state index contributed by atoms with van der Waals surface area (Å²) in [6.07, 6.45) is -0.439. The van der Waals surface area contributed by atoms with Crippen molar-refractivity contribution in [2.75, 3.05) is 0 Å². The maximum atomic E-state index is 12.1. The zero-order valence-electron chi connectivity index (χ0n) is 12.0. The molecule has 4 nitrogen and oxygen atoms in total. The average molecular weight is 283 g/mol. The van der Waals surface area contributed by atoms with Gasteiger partial charge in [0.05, 0.1) is 11.3 Å². The van der Waals surface area contributed by atoms with Gasteiger partial charge in [-0.3, -0.25) is 0 Å². The Hall–Kier alpha value is -2.62. The third-order valence-electron chi connectivity index (χ3n) is 3.23. The smallest absolute Gasteiger partial charge is 0.338 e. The molecule has 2 aromatic rings. The van der Waals surface area contributed by atoms with E-state index in [1.165, 1.54) is 0 Å². The second-order valence-electron chi connectivity index (χ2n) is 4.69. The maximum absolute atomic E-state index is 12.1. The minimum absolute atomic E-state index is 0.378. The maximum Gasteiger partial charge on any atom is 0.338 e. The highest BCUT2D eigenvalue weighted by molar-refractivity contribution is 5.99. The number of oxime groups is 1. The molecule has 2 aromatic carbocycles. The first kappa shape index (κ1) is 14.8. The van der Waals surface area contributed by atoms with Crippen LogP contribution in [-0.4, -0.2) is 16.9 Å². The summed E-state index contributed by atoms with van der Waals surface area (Å²) in [6, 6.07) is 16.2. The Bertz CT molecular complexity index is 650. The fourth-order valence-electron chi connectivity index (χ4n) is 2.10. The lowest BCUT2D eigenvalue weighted by Crippen LogP contribution is -2.12. The van der Waals surface area contributed by atoms with Crippen molar-refractivity contribution < 1.29 is 14.7 Å². The van der Waals surface area contributed by atoms with Crippen LogP contribution in [0.2, 0.25) is 0 Å². The average Bonchev–Trinajstić information content (AvgIpc) is 2.54. The lowest BCUT2D eigenvalue weighted by atomic mass is 10.00. The predicted molar refractivity (Wildman–Crippen MR) is 80.7 cm³/mol. The molecular formula is C17H17NO3. The van der Waals surface area contributed by atoms with Gasteiger partial charge in [-0.15, -0.1) is 0 Å². The summed E-state index contributed by atoms with van der Waals surface area (Å²) in [5.74, 6) is -0.378. The van der Waals surface area contributed by atoms with Crippen LogP contribution < -0.4 is 0 Å². The van der Waals surface area contributed by atoms with Crippen LogP contribution in [0.15, 0.2) is 59.8 Å². The summed E-state index contributed by atoms with van der Waals surface area (Å²) in [5, 5.41) is 12.1. The molecule has 1 N–H and O–H groups in total. The molecule has 21 heavy (non-hydrogen) atoms. The van der Waals surface area contributed by atoms with E-state index in [-0.39, 0.29) is 5.97 Å². The molecule has 1 unspecified atom stereocenters. The third-order valence-corrected chi connectivity index (χ3v) is 3.23. The molecule has 1 atom stereocenters. The van der Waals surface area contributed by atoms with Crippen molar-refractivity contribution in [3.8, 4) is 0 Å². The summed E-state index contributed by atoms with van der Waals surface area (Å²) in [4.78, 5) is 12.1. The van der Waals surface area contributed by atoms with Crippen LogP contribution in [0.1, 0.15) is 41.4 Å². The summed E-state index contributed by atoms with van der Waals surface area (Å²) < 4.78 is 5.48. The summed E-state index contributed by atoms with van der Waals surface area (Å²) in [5.41, 5.74) is 2.55. The van der Waals surface area contributed by atoms with Crippen molar-refractivity contribution in [2.45, 2.75) is 20.0 Å². The molecule has 0 aromatic heterocycles. The lowest BCUT2D eigenvalue weighted by molar-refractivity contribution is 0.0337. The van der Waals surface area contributed by atoms with Crippen LogP contribution in [0.25, 0.3) is 0 Å². The minimum Gasteiger partial charge on any atom is -0.454 e. The van der Waals surface area contributed by atoms with Crippen molar-refractivity contribution >= 4 is 11.7 Å². The van der Waals surface area contributed by atoms with E-state index in [0.29, 0.717) is 11.3 Å². The van der Waals surface area contributed by atoms with Gasteiger partial charge in [-0.2, -0.15) is 0 Å². The van der Waals surface area contributed by atoms with Gasteiger partial charge in [-0.05, 0) is 26.0 Å². The van der Waals surface area contributed by atoms with Crippen LogP contribution in [0.3, 0.4) is 0 Å². The molecule has 0 radical (unpaired) electrons. The second kappa shape index (κ2) is 6.70. The van der Waals surface area contributed by atoms with E-state index >= 15 is 0 Å². The van der Waals surface area contributed by atoms with Gasteiger partial charge in [0.15, 0.2) is 0 Å². The minimum atomic E-state index is -0.439. The zero-order valence-corrected chi connectivity index (χ0v) is 12.0. The molecule has 0 amide bonds. The topological polar surface area (TPSA) is 58.9 Å². The van der Waals surface area contributed by atoms with Gasteiger partial charge in [-0.1, -0.05) is 47.6 Å². The quantitative estimate of drug-likeness (QED) is 0.402. The molecule has 0 saturated heterocycles. The molecule has 0 aliphatic carbocycles. The number of rotatable bonds is 4. The van der Waals surface area contributed by atoms with Crippen LogP contribution in [0.5, 0.6) is 0 Å². The molecule has 0 bridgehead atoms.